The van der Waals surface area contributed by atoms with Gasteiger partial charge in [-0.3, -0.25) is 0 Å². The second-order valence-electron chi connectivity index (χ2n) is 3.18. The first-order chi connectivity index (χ1) is 6.58. The minimum absolute atomic E-state index is 0.0678. The third-order valence-electron chi connectivity index (χ3n) is 1.80. The molecule has 1 rings (SSSR count). The Balaban J connectivity index is 2.55. The second kappa shape index (κ2) is 5.00. The summed E-state index contributed by atoms with van der Waals surface area (Å²) in [5.74, 6) is 0. The molecule has 0 aliphatic carbocycles. The van der Waals surface area contributed by atoms with Gasteiger partial charge in [0.2, 0.25) is 0 Å². The Morgan fingerprint density at radius 2 is 2.36 bits per heavy atom. The third kappa shape index (κ3) is 3.79. The van der Waals surface area contributed by atoms with E-state index < -0.39 is 6.09 Å². The number of benzene rings is 1. The molecule has 3 nitrogen and oxygen atoms in total. The minimum atomic E-state index is -0.979. The van der Waals surface area contributed by atoms with Crippen LogP contribution >= 0.6 is 15.9 Å². The van der Waals surface area contributed by atoms with Gasteiger partial charge in [0.25, 0.3) is 0 Å². The molecular formula is C10H12BrNO2. The van der Waals surface area contributed by atoms with Gasteiger partial charge in [0.15, 0.2) is 0 Å². The van der Waals surface area contributed by atoms with Crippen molar-refractivity contribution in [1.29, 1.82) is 0 Å². The van der Waals surface area contributed by atoms with Crippen LogP contribution in [0.15, 0.2) is 28.7 Å². The Hall–Kier alpha value is -1.03. The molecule has 0 saturated heterocycles. The zero-order valence-electron chi connectivity index (χ0n) is 7.83. The molecule has 0 aromatic heterocycles. The van der Waals surface area contributed by atoms with Gasteiger partial charge < -0.3 is 10.4 Å². The van der Waals surface area contributed by atoms with Crippen LogP contribution in [0.2, 0.25) is 0 Å². The van der Waals surface area contributed by atoms with Crippen molar-refractivity contribution < 1.29 is 9.90 Å². The van der Waals surface area contributed by atoms with Crippen molar-refractivity contribution >= 4 is 22.0 Å². The summed E-state index contributed by atoms with van der Waals surface area (Å²) in [6, 6.07) is 7.78. The van der Waals surface area contributed by atoms with E-state index in [2.05, 4.69) is 21.2 Å². The molecule has 0 bridgehead atoms. The van der Waals surface area contributed by atoms with Crippen molar-refractivity contribution in [3.8, 4) is 0 Å². The van der Waals surface area contributed by atoms with Gasteiger partial charge in [0, 0.05) is 10.5 Å². The molecule has 1 amide bonds. The van der Waals surface area contributed by atoms with Crippen LogP contribution in [0.5, 0.6) is 0 Å². The number of rotatable bonds is 3. The standard InChI is InChI=1S/C10H12BrNO2/c1-7(12-10(13)14)5-8-3-2-4-9(11)6-8/h2-4,6-7,12H,5H2,1H3,(H,13,14)/t7-/m1/s1. The average Bonchev–Trinajstić information content (AvgIpc) is 2.01. The van der Waals surface area contributed by atoms with Crippen LogP contribution in [0.4, 0.5) is 4.79 Å². The lowest BCUT2D eigenvalue weighted by molar-refractivity contribution is 0.190. The summed E-state index contributed by atoms with van der Waals surface area (Å²) in [5, 5.41) is 10.9. The number of hydrogen-bond donors (Lipinski definition) is 2. The van der Waals surface area contributed by atoms with E-state index in [9.17, 15) is 4.79 Å². The molecule has 0 unspecified atom stereocenters. The van der Waals surface area contributed by atoms with Crippen LogP contribution in [0.1, 0.15) is 12.5 Å². The highest BCUT2D eigenvalue weighted by Crippen LogP contribution is 2.12. The van der Waals surface area contributed by atoms with Crippen LogP contribution in [-0.4, -0.2) is 17.2 Å². The third-order valence-corrected chi connectivity index (χ3v) is 2.29. The first-order valence-corrected chi connectivity index (χ1v) is 5.11. The van der Waals surface area contributed by atoms with E-state index in [0.717, 1.165) is 10.0 Å². The summed E-state index contributed by atoms with van der Waals surface area (Å²) in [6.07, 6.45) is -0.279. The fourth-order valence-electron chi connectivity index (χ4n) is 1.28. The number of hydrogen-bond acceptors (Lipinski definition) is 1. The Morgan fingerprint density at radius 3 is 2.93 bits per heavy atom. The molecule has 0 spiro atoms. The molecule has 0 aliphatic rings. The van der Waals surface area contributed by atoms with Crippen molar-refractivity contribution in [2.24, 2.45) is 0 Å². The number of amides is 1. The predicted molar refractivity (Wildman–Crippen MR) is 58.5 cm³/mol. The molecule has 2 N–H and O–H groups in total. The first-order valence-electron chi connectivity index (χ1n) is 4.32. The molecule has 0 heterocycles. The van der Waals surface area contributed by atoms with Crippen molar-refractivity contribution in [3.05, 3.63) is 34.3 Å². The Morgan fingerprint density at radius 1 is 1.64 bits per heavy atom. The lowest BCUT2D eigenvalue weighted by atomic mass is 10.1. The molecule has 0 aliphatic heterocycles. The summed E-state index contributed by atoms with van der Waals surface area (Å²) < 4.78 is 1.01. The number of halogens is 1. The van der Waals surface area contributed by atoms with E-state index in [0.29, 0.717) is 6.42 Å². The lowest BCUT2D eigenvalue weighted by Gasteiger charge is -2.11. The van der Waals surface area contributed by atoms with E-state index in [1.54, 1.807) is 0 Å². The SMILES string of the molecule is C[C@H](Cc1cccc(Br)c1)NC(=O)O. The van der Waals surface area contributed by atoms with Gasteiger partial charge in [-0.2, -0.15) is 0 Å². The van der Waals surface area contributed by atoms with Gasteiger partial charge in [0.1, 0.15) is 0 Å². The monoisotopic (exact) mass is 257 g/mol. The van der Waals surface area contributed by atoms with E-state index in [1.807, 2.05) is 31.2 Å². The zero-order valence-corrected chi connectivity index (χ0v) is 9.41. The average molecular weight is 258 g/mol. The maximum atomic E-state index is 10.3. The molecule has 0 radical (unpaired) electrons. The maximum absolute atomic E-state index is 10.3. The molecule has 0 fully saturated rings. The molecule has 0 saturated carbocycles. The van der Waals surface area contributed by atoms with Crippen molar-refractivity contribution in [3.63, 3.8) is 0 Å². The normalized spacial score (nSPS) is 12.1. The number of nitrogens with one attached hydrogen (secondary N) is 1. The molecular weight excluding hydrogens is 246 g/mol. The molecule has 14 heavy (non-hydrogen) atoms. The highest BCUT2D eigenvalue weighted by atomic mass is 79.9. The smallest absolute Gasteiger partial charge is 0.404 e. The number of carbonyl (C=O) groups is 1. The van der Waals surface area contributed by atoms with Crippen molar-refractivity contribution in [2.75, 3.05) is 0 Å². The molecule has 1 aromatic carbocycles. The molecule has 1 atom stereocenters. The van der Waals surface area contributed by atoms with Crippen LogP contribution in [0.3, 0.4) is 0 Å². The minimum Gasteiger partial charge on any atom is -0.465 e. The van der Waals surface area contributed by atoms with Gasteiger partial charge in [-0.05, 0) is 31.0 Å². The summed E-state index contributed by atoms with van der Waals surface area (Å²) >= 11 is 3.37. The largest absolute Gasteiger partial charge is 0.465 e. The molecule has 4 heteroatoms. The Labute approximate surface area is 91.3 Å². The van der Waals surface area contributed by atoms with Gasteiger partial charge >= 0.3 is 6.09 Å². The van der Waals surface area contributed by atoms with Gasteiger partial charge in [-0.15, -0.1) is 0 Å². The summed E-state index contributed by atoms with van der Waals surface area (Å²) in [6.45, 7) is 1.84. The van der Waals surface area contributed by atoms with Crippen LogP contribution < -0.4 is 5.32 Å². The second-order valence-corrected chi connectivity index (χ2v) is 4.10. The lowest BCUT2D eigenvalue weighted by Crippen LogP contribution is -2.32. The van der Waals surface area contributed by atoms with Crippen LogP contribution in [-0.2, 0) is 6.42 Å². The van der Waals surface area contributed by atoms with E-state index in [-0.39, 0.29) is 6.04 Å². The van der Waals surface area contributed by atoms with E-state index in [1.165, 1.54) is 0 Å². The van der Waals surface area contributed by atoms with Crippen molar-refractivity contribution in [2.45, 2.75) is 19.4 Å². The molecule has 1 aromatic rings. The highest BCUT2D eigenvalue weighted by molar-refractivity contribution is 9.10. The van der Waals surface area contributed by atoms with Crippen LogP contribution in [0.25, 0.3) is 0 Å². The topological polar surface area (TPSA) is 49.3 Å². The number of carboxylic acid groups (broad SMARTS) is 1. The predicted octanol–water partition coefficient (Wildman–Crippen LogP) is 2.65. The quantitative estimate of drug-likeness (QED) is 0.875. The van der Waals surface area contributed by atoms with E-state index >= 15 is 0 Å². The van der Waals surface area contributed by atoms with E-state index in [4.69, 9.17) is 5.11 Å². The zero-order chi connectivity index (χ0) is 10.6. The summed E-state index contributed by atoms with van der Waals surface area (Å²) in [7, 11) is 0. The van der Waals surface area contributed by atoms with Gasteiger partial charge in [0.05, 0.1) is 0 Å². The molecule has 76 valence electrons. The highest BCUT2D eigenvalue weighted by Gasteiger charge is 2.05. The maximum Gasteiger partial charge on any atom is 0.404 e. The fraction of sp³-hybridized carbons (Fsp3) is 0.300. The van der Waals surface area contributed by atoms with Crippen LogP contribution in [0, 0.1) is 0 Å². The van der Waals surface area contributed by atoms with Gasteiger partial charge in [-0.1, -0.05) is 28.1 Å². The Bertz CT molecular complexity index is 328. The summed E-state index contributed by atoms with van der Waals surface area (Å²) in [4.78, 5) is 10.3. The van der Waals surface area contributed by atoms with Gasteiger partial charge in [-0.25, -0.2) is 4.79 Å². The Kier molecular flexibility index (Phi) is 3.95. The first kappa shape index (κ1) is 11.0. The fourth-order valence-corrected chi connectivity index (χ4v) is 1.73. The van der Waals surface area contributed by atoms with Crippen molar-refractivity contribution in [1.82, 2.24) is 5.32 Å². The summed E-state index contributed by atoms with van der Waals surface area (Å²) in [5.41, 5.74) is 1.11.